The van der Waals surface area contributed by atoms with Gasteiger partial charge in [-0.1, -0.05) is 11.3 Å². The Morgan fingerprint density at radius 1 is 1.09 bits per heavy atom. The van der Waals surface area contributed by atoms with Crippen LogP contribution in [-0.2, 0) is 0 Å². The third-order valence-corrected chi connectivity index (χ3v) is 6.66. The number of carbonyl (C=O) groups is 1. The summed E-state index contributed by atoms with van der Waals surface area (Å²) in [7, 11) is 3.32. The molecule has 8 nitrogen and oxygen atoms in total. The molecule has 1 fully saturated rings. The summed E-state index contributed by atoms with van der Waals surface area (Å²) in [5.41, 5.74) is 1.94. The number of amides is 1. The Labute approximate surface area is 191 Å². The zero-order valence-electron chi connectivity index (χ0n) is 18.1. The molecule has 1 aromatic heterocycles. The first-order valence-corrected chi connectivity index (χ1v) is 11.2. The van der Waals surface area contributed by atoms with Gasteiger partial charge in [0.2, 0.25) is 0 Å². The van der Waals surface area contributed by atoms with E-state index in [2.05, 4.69) is 21.2 Å². The van der Waals surface area contributed by atoms with E-state index in [1.165, 1.54) is 0 Å². The summed E-state index contributed by atoms with van der Waals surface area (Å²) in [6.45, 7) is 4.90. The number of benzene rings is 2. The highest BCUT2D eigenvalue weighted by molar-refractivity contribution is 7.22. The fourth-order valence-corrected chi connectivity index (χ4v) is 4.82. The van der Waals surface area contributed by atoms with Crippen LogP contribution in [-0.4, -0.2) is 69.3 Å². The Hall–Kier alpha value is -3.35. The predicted octanol–water partition coefficient (Wildman–Crippen LogP) is 2.74. The second-order valence-electron chi connectivity index (χ2n) is 7.42. The summed E-state index contributed by atoms with van der Waals surface area (Å²) in [5.74, 6) is 1.44. The van der Waals surface area contributed by atoms with Gasteiger partial charge in [0, 0.05) is 44.8 Å². The van der Waals surface area contributed by atoms with Gasteiger partial charge in [-0.15, -0.1) is 0 Å². The van der Waals surface area contributed by atoms with E-state index >= 15 is 0 Å². The number of nitrogens with one attached hydrogen (secondary N) is 1. The monoisotopic (exact) mass is 451 g/mol. The second kappa shape index (κ2) is 9.85. The molecule has 3 aromatic rings. The molecule has 0 saturated carbocycles. The Morgan fingerprint density at radius 3 is 2.44 bits per heavy atom. The molecule has 1 amide bonds. The van der Waals surface area contributed by atoms with E-state index in [1.807, 2.05) is 12.1 Å². The molecule has 9 heteroatoms. The van der Waals surface area contributed by atoms with Gasteiger partial charge in [0.1, 0.15) is 21.7 Å². The number of carbonyl (C=O) groups excluding carboxylic acids is 1. The summed E-state index contributed by atoms with van der Waals surface area (Å²) >= 11 is 1.62. The normalized spacial score (nSPS) is 14.2. The molecule has 1 aliphatic rings. The summed E-state index contributed by atoms with van der Waals surface area (Å²) in [6.07, 6.45) is 0. The van der Waals surface area contributed by atoms with Crippen molar-refractivity contribution in [3.05, 3.63) is 47.5 Å². The van der Waals surface area contributed by atoms with Crippen molar-refractivity contribution in [2.24, 2.45) is 0 Å². The molecular formula is C23H25N5O3S. The Balaban J connectivity index is 1.29. The van der Waals surface area contributed by atoms with E-state index in [0.717, 1.165) is 59.6 Å². The maximum atomic E-state index is 12.3. The number of aromatic nitrogens is 1. The van der Waals surface area contributed by atoms with Crippen molar-refractivity contribution in [1.82, 2.24) is 15.2 Å². The van der Waals surface area contributed by atoms with Crippen molar-refractivity contribution in [2.75, 3.05) is 58.4 Å². The number of fused-ring (bicyclic) bond motifs is 1. The minimum absolute atomic E-state index is 0.120. The van der Waals surface area contributed by atoms with Crippen LogP contribution in [0.25, 0.3) is 10.2 Å². The van der Waals surface area contributed by atoms with Crippen molar-refractivity contribution >= 4 is 32.6 Å². The zero-order valence-corrected chi connectivity index (χ0v) is 18.9. The number of anilines is 1. The van der Waals surface area contributed by atoms with Crippen LogP contribution in [0.15, 0.2) is 36.4 Å². The van der Waals surface area contributed by atoms with E-state index in [4.69, 9.17) is 19.7 Å². The smallest absolute Gasteiger partial charge is 0.251 e. The van der Waals surface area contributed by atoms with Gasteiger partial charge < -0.3 is 19.7 Å². The molecular weight excluding hydrogens is 426 g/mol. The zero-order chi connectivity index (χ0) is 22.5. The molecule has 0 radical (unpaired) electrons. The maximum absolute atomic E-state index is 12.3. The molecule has 0 bridgehead atoms. The van der Waals surface area contributed by atoms with Gasteiger partial charge in [-0.3, -0.25) is 9.69 Å². The molecule has 0 unspecified atom stereocenters. The molecule has 166 valence electrons. The molecule has 0 aliphatic carbocycles. The summed E-state index contributed by atoms with van der Waals surface area (Å²) < 4.78 is 12.0. The van der Waals surface area contributed by atoms with Crippen LogP contribution in [0.2, 0.25) is 0 Å². The van der Waals surface area contributed by atoms with Crippen LogP contribution < -0.4 is 19.7 Å². The van der Waals surface area contributed by atoms with Gasteiger partial charge >= 0.3 is 0 Å². The van der Waals surface area contributed by atoms with E-state index in [9.17, 15) is 4.79 Å². The van der Waals surface area contributed by atoms with Crippen molar-refractivity contribution in [2.45, 2.75) is 0 Å². The quantitative estimate of drug-likeness (QED) is 0.591. The summed E-state index contributed by atoms with van der Waals surface area (Å²) in [5, 5.41) is 12.8. The molecule has 2 heterocycles. The van der Waals surface area contributed by atoms with Gasteiger partial charge in [0.05, 0.1) is 25.9 Å². The number of hydrogen-bond acceptors (Lipinski definition) is 8. The molecule has 32 heavy (non-hydrogen) atoms. The fraction of sp³-hybridized carbons (Fsp3) is 0.348. The molecule has 1 saturated heterocycles. The first-order valence-electron chi connectivity index (χ1n) is 10.4. The number of methoxy groups -OCH3 is 2. The molecule has 4 rings (SSSR count). The van der Waals surface area contributed by atoms with E-state index in [1.54, 1.807) is 49.8 Å². The molecule has 1 N–H and O–H groups in total. The third-order valence-electron chi connectivity index (χ3n) is 5.53. The largest absolute Gasteiger partial charge is 0.495 e. The van der Waals surface area contributed by atoms with E-state index < -0.39 is 0 Å². The lowest BCUT2D eigenvalue weighted by Gasteiger charge is -2.34. The standard InChI is InChI=1S/C23H25N5O3S/c1-30-18-7-8-19(31-2)21-20(18)26-23(32-21)28-13-11-27(12-14-28)10-9-25-22(29)17-5-3-16(15-24)4-6-17/h3-8H,9-14H2,1-2H3,(H,25,29). The second-order valence-corrected chi connectivity index (χ2v) is 8.40. The number of nitriles is 1. The highest BCUT2D eigenvalue weighted by atomic mass is 32.1. The highest BCUT2D eigenvalue weighted by Gasteiger charge is 2.22. The summed E-state index contributed by atoms with van der Waals surface area (Å²) in [6, 6.07) is 12.5. The molecule has 0 spiro atoms. The Morgan fingerprint density at radius 2 is 1.78 bits per heavy atom. The van der Waals surface area contributed by atoms with Gasteiger partial charge in [0.15, 0.2) is 5.13 Å². The lowest BCUT2D eigenvalue weighted by molar-refractivity contribution is 0.0948. The number of ether oxygens (including phenoxy) is 2. The average Bonchev–Trinajstić information content (AvgIpc) is 3.29. The SMILES string of the molecule is COc1ccc(OC)c2sc(N3CCN(CCNC(=O)c4ccc(C#N)cc4)CC3)nc12. The van der Waals surface area contributed by atoms with Crippen molar-refractivity contribution in [3.63, 3.8) is 0 Å². The van der Waals surface area contributed by atoms with Crippen molar-refractivity contribution < 1.29 is 14.3 Å². The number of piperazine rings is 1. The number of nitrogens with zero attached hydrogens (tertiary/aromatic N) is 4. The van der Waals surface area contributed by atoms with Crippen LogP contribution in [0.5, 0.6) is 11.5 Å². The van der Waals surface area contributed by atoms with Crippen LogP contribution in [0.1, 0.15) is 15.9 Å². The molecule has 1 aliphatic heterocycles. The maximum Gasteiger partial charge on any atom is 0.251 e. The first-order chi connectivity index (χ1) is 15.6. The topological polar surface area (TPSA) is 90.7 Å². The minimum atomic E-state index is -0.120. The van der Waals surface area contributed by atoms with Crippen LogP contribution in [0.3, 0.4) is 0 Å². The van der Waals surface area contributed by atoms with E-state index in [0.29, 0.717) is 17.7 Å². The lowest BCUT2D eigenvalue weighted by atomic mass is 10.1. The highest BCUT2D eigenvalue weighted by Crippen LogP contribution is 2.40. The van der Waals surface area contributed by atoms with Crippen LogP contribution in [0.4, 0.5) is 5.13 Å². The Bertz CT molecular complexity index is 1090. The van der Waals surface area contributed by atoms with Gasteiger partial charge in [-0.2, -0.15) is 5.26 Å². The summed E-state index contributed by atoms with van der Waals surface area (Å²) in [4.78, 5) is 21.7. The van der Waals surface area contributed by atoms with Gasteiger partial charge in [0.25, 0.3) is 5.91 Å². The van der Waals surface area contributed by atoms with E-state index in [-0.39, 0.29) is 5.91 Å². The number of thiazole rings is 1. The molecule has 0 atom stereocenters. The number of rotatable bonds is 7. The van der Waals surface area contributed by atoms with Crippen molar-refractivity contribution in [1.29, 1.82) is 5.26 Å². The minimum Gasteiger partial charge on any atom is -0.495 e. The third kappa shape index (κ3) is 4.61. The number of hydrogen-bond donors (Lipinski definition) is 1. The fourth-order valence-electron chi connectivity index (χ4n) is 3.70. The van der Waals surface area contributed by atoms with Gasteiger partial charge in [-0.05, 0) is 36.4 Å². The first kappa shape index (κ1) is 21.9. The lowest BCUT2D eigenvalue weighted by Crippen LogP contribution is -2.48. The van der Waals surface area contributed by atoms with Gasteiger partial charge in [-0.25, -0.2) is 4.98 Å². The van der Waals surface area contributed by atoms with Crippen LogP contribution >= 0.6 is 11.3 Å². The van der Waals surface area contributed by atoms with Crippen LogP contribution in [0, 0.1) is 11.3 Å². The predicted molar refractivity (Wildman–Crippen MR) is 125 cm³/mol. The average molecular weight is 452 g/mol. The molecule has 2 aromatic carbocycles. The van der Waals surface area contributed by atoms with Crippen molar-refractivity contribution in [3.8, 4) is 17.6 Å². The Kier molecular flexibility index (Phi) is 6.73.